The minimum atomic E-state index is -1.42. The summed E-state index contributed by atoms with van der Waals surface area (Å²) in [7, 11) is 0. The lowest BCUT2D eigenvalue weighted by Crippen LogP contribution is -2.55. The lowest BCUT2D eigenvalue weighted by molar-refractivity contribution is -0.130. The molecular weight excluding hydrogens is 374 g/mol. The van der Waals surface area contributed by atoms with Crippen LogP contribution in [0.4, 0.5) is 0 Å². The van der Waals surface area contributed by atoms with Gasteiger partial charge in [-0.1, -0.05) is 48.0 Å². The van der Waals surface area contributed by atoms with Gasteiger partial charge in [-0.2, -0.15) is 0 Å². The summed E-state index contributed by atoms with van der Waals surface area (Å²) in [4.78, 5) is 32.3. The van der Waals surface area contributed by atoms with Crippen molar-refractivity contribution in [2.24, 2.45) is 4.99 Å². The number of aliphatic imine (C=N–C) groups is 1. The van der Waals surface area contributed by atoms with Crippen LogP contribution in [-0.2, 0) is 11.2 Å². The summed E-state index contributed by atoms with van der Waals surface area (Å²) in [5.41, 5.74) is 0.837. The predicted octanol–water partition coefficient (Wildman–Crippen LogP) is 3.72. The second-order valence-electron chi connectivity index (χ2n) is 6.84. The molecule has 4 rings (SSSR count). The number of amidine groups is 1. The third kappa shape index (κ3) is 3.37. The van der Waals surface area contributed by atoms with E-state index >= 15 is 0 Å². The van der Waals surface area contributed by atoms with Crippen molar-refractivity contribution in [3.05, 3.63) is 94.7 Å². The molecule has 0 aromatic heterocycles. The molecular formula is C22H18ClN3O2. The summed E-state index contributed by atoms with van der Waals surface area (Å²) in [5, 5.41) is 3.48. The lowest BCUT2D eigenvalue weighted by Gasteiger charge is -2.27. The van der Waals surface area contributed by atoms with Crippen LogP contribution in [0.25, 0.3) is 0 Å². The molecule has 2 aromatic carbocycles. The van der Waals surface area contributed by atoms with E-state index in [9.17, 15) is 9.59 Å². The Balaban J connectivity index is 1.72. The van der Waals surface area contributed by atoms with Crippen LogP contribution < -0.4 is 5.32 Å². The fourth-order valence-electron chi connectivity index (χ4n) is 3.28. The molecule has 0 fully saturated rings. The summed E-state index contributed by atoms with van der Waals surface area (Å²) in [6.07, 6.45) is 5.63. The van der Waals surface area contributed by atoms with Crippen LogP contribution >= 0.6 is 11.6 Å². The molecule has 0 bridgehead atoms. The molecule has 28 heavy (non-hydrogen) atoms. The largest absolute Gasteiger partial charge is 0.320 e. The van der Waals surface area contributed by atoms with Crippen LogP contribution in [0, 0.1) is 0 Å². The first-order valence-corrected chi connectivity index (χ1v) is 9.27. The predicted molar refractivity (Wildman–Crippen MR) is 109 cm³/mol. The number of nitrogens with one attached hydrogen (secondary N) is 1. The zero-order valence-corrected chi connectivity index (χ0v) is 16.0. The molecule has 0 unspecified atom stereocenters. The highest BCUT2D eigenvalue weighted by atomic mass is 35.5. The summed E-state index contributed by atoms with van der Waals surface area (Å²) in [6.45, 7) is 1.91. The first kappa shape index (κ1) is 18.2. The molecule has 1 atom stereocenters. The van der Waals surface area contributed by atoms with Crippen molar-refractivity contribution in [2.75, 3.05) is 0 Å². The van der Waals surface area contributed by atoms with Gasteiger partial charge < -0.3 is 5.32 Å². The standard InChI is InChI=1S/C22H18ClN3O2/c1-15-7-12-19-24-22(21(28)26(19)14-15,13-16-8-10-18(23)11-9-16)25-20(27)17-5-3-2-4-6-17/h2-12,14H,13H2,1H3,(H,25,27)/t22-/m1/s1. The summed E-state index contributed by atoms with van der Waals surface area (Å²) >= 11 is 5.98. The van der Waals surface area contributed by atoms with Crippen molar-refractivity contribution in [2.45, 2.75) is 19.0 Å². The quantitative estimate of drug-likeness (QED) is 0.863. The smallest absolute Gasteiger partial charge is 0.281 e. The molecule has 0 saturated carbocycles. The zero-order chi connectivity index (χ0) is 19.7. The maximum absolute atomic E-state index is 13.3. The third-order valence-corrected chi connectivity index (χ3v) is 4.93. The highest BCUT2D eigenvalue weighted by Gasteiger charge is 2.49. The monoisotopic (exact) mass is 391 g/mol. The Kier molecular flexibility index (Phi) is 4.61. The van der Waals surface area contributed by atoms with E-state index in [2.05, 4.69) is 10.3 Å². The van der Waals surface area contributed by atoms with Gasteiger partial charge in [0.1, 0.15) is 5.84 Å². The number of hydrogen-bond acceptors (Lipinski definition) is 3. The van der Waals surface area contributed by atoms with Crippen molar-refractivity contribution in [1.29, 1.82) is 0 Å². The van der Waals surface area contributed by atoms with Gasteiger partial charge in [0.15, 0.2) is 0 Å². The number of carbonyl (C=O) groups excluding carboxylic acids is 2. The number of nitrogens with zero attached hydrogens (tertiary/aromatic N) is 2. The molecule has 2 amide bonds. The molecule has 5 nitrogen and oxygen atoms in total. The Hall–Kier alpha value is -3.18. The molecule has 0 spiro atoms. The average Bonchev–Trinajstić information content (AvgIpc) is 2.96. The van der Waals surface area contributed by atoms with Gasteiger partial charge in [0.2, 0.25) is 5.66 Å². The summed E-state index contributed by atoms with van der Waals surface area (Å²) < 4.78 is 0. The SMILES string of the molecule is CC1=CN2C(=O)[C@@](Cc3ccc(Cl)cc3)(NC(=O)c3ccccc3)N=C2C=C1. The summed E-state index contributed by atoms with van der Waals surface area (Å²) in [5.74, 6) is -0.125. The molecule has 0 saturated heterocycles. The Bertz CT molecular complexity index is 1030. The molecule has 2 aliphatic heterocycles. The highest BCUT2D eigenvalue weighted by molar-refractivity contribution is 6.30. The van der Waals surface area contributed by atoms with Gasteiger partial charge in [-0.3, -0.25) is 14.5 Å². The second kappa shape index (κ2) is 7.09. The molecule has 2 heterocycles. The van der Waals surface area contributed by atoms with Gasteiger partial charge in [0, 0.05) is 23.2 Å². The Morgan fingerprint density at radius 3 is 2.54 bits per heavy atom. The minimum Gasteiger partial charge on any atom is -0.320 e. The number of allylic oxidation sites excluding steroid dienone is 2. The molecule has 0 radical (unpaired) electrons. The van der Waals surface area contributed by atoms with Gasteiger partial charge >= 0.3 is 0 Å². The van der Waals surface area contributed by atoms with Crippen LogP contribution in [0.1, 0.15) is 22.8 Å². The van der Waals surface area contributed by atoms with Crippen LogP contribution in [0.15, 0.2) is 83.5 Å². The maximum Gasteiger partial charge on any atom is 0.281 e. The molecule has 140 valence electrons. The number of hydrogen-bond donors (Lipinski definition) is 1. The van der Waals surface area contributed by atoms with Crippen LogP contribution in [0.3, 0.4) is 0 Å². The van der Waals surface area contributed by atoms with E-state index in [0.29, 0.717) is 16.4 Å². The topological polar surface area (TPSA) is 61.8 Å². The van der Waals surface area contributed by atoms with Crippen molar-refractivity contribution < 1.29 is 9.59 Å². The Morgan fingerprint density at radius 1 is 1.11 bits per heavy atom. The first-order chi connectivity index (χ1) is 13.5. The van der Waals surface area contributed by atoms with E-state index < -0.39 is 5.66 Å². The average molecular weight is 392 g/mol. The van der Waals surface area contributed by atoms with Crippen LogP contribution in [0.2, 0.25) is 5.02 Å². The highest BCUT2D eigenvalue weighted by Crippen LogP contribution is 2.29. The first-order valence-electron chi connectivity index (χ1n) is 8.89. The van der Waals surface area contributed by atoms with E-state index in [1.165, 1.54) is 4.90 Å². The molecule has 1 N–H and O–H groups in total. The van der Waals surface area contributed by atoms with E-state index in [4.69, 9.17) is 11.6 Å². The van der Waals surface area contributed by atoms with Crippen molar-refractivity contribution in [1.82, 2.24) is 10.2 Å². The van der Waals surface area contributed by atoms with Gasteiger partial charge in [-0.25, -0.2) is 4.99 Å². The van der Waals surface area contributed by atoms with Crippen molar-refractivity contribution in [3.63, 3.8) is 0 Å². The number of rotatable bonds is 4. The normalized spacial score (nSPS) is 20.5. The van der Waals surface area contributed by atoms with Gasteiger partial charge in [0.05, 0.1) is 0 Å². The fourth-order valence-corrected chi connectivity index (χ4v) is 3.41. The van der Waals surface area contributed by atoms with Gasteiger partial charge in [-0.15, -0.1) is 0 Å². The summed E-state index contributed by atoms with van der Waals surface area (Å²) in [6, 6.07) is 16.0. The number of halogens is 1. The minimum absolute atomic E-state index is 0.225. The van der Waals surface area contributed by atoms with Crippen molar-refractivity contribution in [3.8, 4) is 0 Å². The lowest BCUT2D eigenvalue weighted by atomic mass is 9.98. The van der Waals surface area contributed by atoms with E-state index in [1.54, 1.807) is 48.7 Å². The number of fused-ring (bicyclic) bond motifs is 1. The van der Waals surface area contributed by atoms with E-state index in [1.807, 2.05) is 31.2 Å². The molecule has 2 aliphatic rings. The van der Waals surface area contributed by atoms with E-state index in [0.717, 1.165) is 11.1 Å². The zero-order valence-electron chi connectivity index (χ0n) is 15.2. The molecule has 6 heteroatoms. The molecule has 0 aliphatic carbocycles. The van der Waals surface area contributed by atoms with Gasteiger partial charge in [-0.05, 0) is 48.4 Å². The molecule has 2 aromatic rings. The maximum atomic E-state index is 13.3. The fraction of sp³-hybridized carbons (Fsp3) is 0.136. The van der Waals surface area contributed by atoms with Crippen molar-refractivity contribution >= 4 is 29.3 Å². The third-order valence-electron chi connectivity index (χ3n) is 4.68. The second-order valence-corrected chi connectivity index (χ2v) is 7.27. The number of benzene rings is 2. The Labute approximate surface area is 168 Å². The van der Waals surface area contributed by atoms with Crippen LogP contribution in [-0.4, -0.2) is 28.2 Å². The van der Waals surface area contributed by atoms with E-state index in [-0.39, 0.29) is 18.2 Å². The van der Waals surface area contributed by atoms with Crippen LogP contribution in [0.5, 0.6) is 0 Å². The number of carbonyl (C=O) groups is 2. The van der Waals surface area contributed by atoms with Gasteiger partial charge in [0.25, 0.3) is 11.8 Å². The number of amides is 2. The Morgan fingerprint density at radius 2 is 1.82 bits per heavy atom.